The minimum absolute atomic E-state index is 0. The molecule has 4 saturated heterocycles. The molecule has 0 spiro atoms. The van der Waals surface area contributed by atoms with Crippen molar-refractivity contribution in [1.29, 1.82) is 0 Å². The maximum atomic E-state index is 2.45. The van der Waals surface area contributed by atoms with Crippen LogP contribution in [0.4, 0.5) is 0 Å². The fourth-order valence-electron chi connectivity index (χ4n) is 13.5. The first kappa shape index (κ1) is 61.1. The molecule has 8 aromatic carbocycles. The summed E-state index contributed by atoms with van der Waals surface area (Å²) in [6, 6.07) is 73.4. The first-order valence-electron chi connectivity index (χ1n) is 28.0. The molecule has 8 heteroatoms. The Kier molecular flexibility index (Phi) is 24.2. The molecule has 12 rings (SSSR count). The Hall–Kier alpha value is -1.80. The molecule has 0 radical (unpaired) electrons. The SMILES string of the molecule is CCCC[Si]1([c-]2ccc3ccccc32)CCC1.CCCC[Si]1([c-]2ccc3ccccc32)CCC1.CCCC[Si]1([c-]2ccc3ccccc32)CCC1.CCCC[Si]1([c-]2ccc3ccccc32)CCC1.[Cl-].[Cl-].[Ti+2].[Ti+2]. The molecule has 0 nitrogen and oxygen atoms in total. The van der Waals surface area contributed by atoms with Crippen LogP contribution in [0.2, 0.25) is 72.5 Å². The molecule has 0 aromatic heterocycles. The van der Waals surface area contributed by atoms with Crippen molar-refractivity contribution in [1.82, 2.24) is 0 Å². The molecule has 0 atom stereocenters. The summed E-state index contributed by atoms with van der Waals surface area (Å²) in [5.74, 6) is 0. The average Bonchev–Trinajstić information content (AvgIpc) is 4.15. The third-order valence-electron chi connectivity index (χ3n) is 18.3. The first-order chi connectivity index (χ1) is 33.4. The number of rotatable bonds is 16. The van der Waals surface area contributed by atoms with Crippen LogP contribution in [-0.4, -0.2) is 32.3 Å². The van der Waals surface area contributed by atoms with E-state index in [9.17, 15) is 0 Å². The molecule has 380 valence electrons. The van der Waals surface area contributed by atoms with E-state index < -0.39 is 32.3 Å². The second kappa shape index (κ2) is 28.5. The van der Waals surface area contributed by atoms with Gasteiger partial charge in [0.1, 0.15) is 0 Å². The third kappa shape index (κ3) is 13.0. The Morgan fingerprint density at radius 1 is 0.306 bits per heavy atom. The van der Waals surface area contributed by atoms with Gasteiger partial charge >= 0.3 is 43.4 Å². The number of halogens is 2. The molecule has 0 amide bonds. The molecule has 72 heavy (non-hydrogen) atoms. The summed E-state index contributed by atoms with van der Waals surface area (Å²) in [5, 5.41) is 19.2. The zero-order valence-corrected chi connectivity index (χ0v) is 53.2. The smallest absolute Gasteiger partial charge is 1.00 e. The van der Waals surface area contributed by atoms with Crippen molar-refractivity contribution in [2.24, 2.45) is 0 Å². The Morgan fingerprint density at radius 2 is 0.500 bits per heavy atom. The largest absolute Gasteiger partial charge is 2.00 e. The van der Waals surface area contributed by atoms with Crippen LogP contribution in [0.3, 0.4) is 0 Å². The molecule has 4 fully saturated rings. The third-order valence-corrected chi connectivity index (χ3v) is 40.3. The monoisotopic (exact) mass is 1130 g/mol. The molecule has 0 aliphatic carbocycles. The predicted molar refractivity (Wildman–Crippen MR) is 316 cm³/mol. The van der Waals surface area contributed by atoms with E-state index in [-0.39, 0.29) is 68.2 Å². The molecule has 4 heterocycles. The van der Waals surface area contributed by atoms with Gasteiger partial charge in [-0.15, -0.1) is 137 Å². The van der Waals surface area contributed by atoms with Gasteiger partial charge in [0.2, 0.25) is 0 Å². The number of hydrogen-bond donors (Lipinski definition) is 0. The topological polar surface area (TPSA) is 0 Å². The van der Waals surface area contributed by atoms with Crippen LogP contribution >= 0.6 is 0 Å². The van der Waals surface area contributed by atoms with Gasteiger partial charge in [0.25, 0.3) is 0 Å². The summed E-state index contributed by atoms with van der Waals surface area (Å²) in [6.45, 7) is 9.29. The standard InChI is InChI=1S/4C16H21Si.2ClH.2Ti/c4*1-2-3-11-17(12-6-13-17)16-10-9-14-7-4-5-8-15(14)16;;;;/h4*4-5,7-10H,2-3,6,11-13H2,1H3;2*1H;;/q4*-1;;;2*+2/p-2. The second-order valence-corrected chi connectivity index (χ2v) is 40.7. The first-order valence-corrected chi connectivity index (χ1v) is 38.5. The van der Waals surface area contributed by atoms with E-state index >= 15 is 0 Å². The number of fused-ring (bicyclic) bond motifs is 4. The molecule has 4 aliphatic rings. The summed E-state index contributed by atoms with van der Waals surface area (Å²) < 4.78 is 0. The van der Waals surface area contributed by atoms with Gasteiger partial charge in [-0.3, -0.25) is 0 Å². The van der Waals surface area contributed by atoms with Crippen molar-refractivity contribution < 1.29 is 68.2 Å². The van der Waals surface area contributed by atoms with Crippen molar-refractivity contribution in [3.63, 3.8) is 0 Å². The molecule has 8 aromatic rings. The number of benzene rings is 4. The van der Waals surface area contributed by atoms with E-state index in [0.717, 1.165) is 0 Å². The van der Waals surface area contributed by atoms with Gasteiger partial charge in [0, 0.05) is 32.3 Å². The second-order valence-electron chi connectivity index (χ2n) is 22.3. The Balaban J connectivity index is 0.000000175. The minimum atomic E-state index is -1.05. The summed E-state index contributed by atoms with van der Waals surface area (Å²) >= 11 is 0. The van der Waals surface area contributed by atoms with Crippen molar-refractivity contribution in [3.05, 3.63) is 146 Å². The van der Waals surface area contributed by atoms with Crippen molar-refractivity contribution in [3.8, 4) is 0 Å². The van der Waals surface area contributed by atoms with E-state index in [2.05, 4.69) is 173 Å². The average molecular weight is 1130 g/mol. The van der Waals surface area contributed by atoms with E-state index in [1.165, 1.54) is 123 Å². The van der Waals surface area contributed by atoms with Crippen LogP contribution in [0, 0.1) is 0 Å². The normalized spacial score (nSPS) is 17.2. The zero-order valence-electron chi connectivity index (χ0n) is 44.6. The maximum absolute atomic E-state index is 2.45. The van der Waals surface area contributed by atoms with Crippen LogP contribution < -0.4 is 45.6 Å². The van der Waals surface area contributed by atoms with Gasteiger partial charge in [-0.1, -0.05) is 202 Å². The quantitative estimate of drug-likeness (QED) is 0.0668. The molecular weight excluding hydrogens is 1050 g/mol. The van der Waals surface area contributed by atoms with Gasteiger partial charge in [-0.2, -0.15) is 48.5 Å². The van der Waals surface area contributed by atoms with Gasteiger partial charge in [0.15, 0.2) is 0 Å². The molecular formula is C64H84Cl2Si4Ti2-2. The molecule has 0 unspecified atom stereocenters. The fraction of sp³-hybridized carbons (Fsp3) is 0.438. The van der Waals surface area contributed by atoms with Crippen LogP contribution in [0.1, 0.15) is 105 Å². The van der Waals surface area contributed by atoms with Crippen LogP contribution in [0.15, 0.2) is 146 Å². The summed E-state index contributed by atoms with van der Waals surface area (Å²) in [4.78, 5) is 0. The molecule has 0 saturated carbocycles. The van der Waals surface area contributed by atoms with Crippen molar-refractivity contribution >= 4 is 96.1 Å². The Labute approximate surface area is 482 Å². The van der Waals surface area contributed by atoms with Gasteiger partial charge < -0.3 is 24.8 Å². The maximum Gasteiger partial charge on any atom is 2.00 e. The van der Waals surface area contributed by atoms with E-state index in [4.69, 9.17) is 0 Å². The van der Waals surface area contributed by atoms with Gasteiger partial charge in [-0.25, -0.2) is 0 Å². The van der Waals surface area contributed by atoms with Gasteiger partial charge in [0.05, 0.1) is 0 Å². The number of hydrogen-bond acceptors (Lipinski definition) is 0. The van der Waals surface area contributed by atoms with E-state index in [0.29, 0.717) is 0 Å². The van der Waals surface area contributed by atoms with E-state index in [1.54, 1.807) is 90.6 Å². The zero-order chi connectivity index (χ0) is 46.9. The molecule has 4 aliphatic heterocycles. The van der Waals surface area contributed by atoms with E-state index in [1.807, 2.05) is 0 Å². The number of unbranched alkanes of at least 4 members (excludes halogenated alkanes) is 4. The Bertz CT molecular complexity index is 2430. The van der Waals surface area contributed by atoms with Crippen LogP contribution in [0.5, 0.6) is 0 Å². The summed E-state index contributed by atoms with van der Waals surface area (Å²) in [6.07, 6.45) is 17.1. The fourth-order valence-corrected chi connectivity index (χ4v) is 32.7. The van der Waals surface area contributed by atoms with Crippen molar-refractivity contribution in [2.75, 3.05) is 0 Å². The summed E-state index contributed by atoms with van der Waals surface area (Å²) in [7, 11) is -4.21. The van der Waals surface area contributed by atoms with Crippen LogP contribution in [0.25, 0.3) is 43.1 Å². The minimum Gasteiger partial charge on any atom is -1.00 e. The molecule has 0 bridgehead atoms. The van der Waals surface area contributed by atoms with Crippen LogP contribution in [-0.2, 0) is 43.4 Å². The molecule has 0 N–H and O–H groups in total. The Morgan fingerprint density at radius 3 is 0.667 bits per heavy atom. The summed E-state index contributed by atoms with van der Waals surface area (Å²) in [5.41, 5.74) is 0. The van der Waals surface area contributed by atoms with Gasteiger partial charge in [-0.05, 0) is 0 Å². The van der Waals surface area contributed by atoms with Crippen molar-refractivity contribution in [2.45, 2.75) is 177 Å². The predicted octanol–water partition coefficient (Wildman–Crippen LogP) is 11.7.